The number of aromatic nitrogens is 4. The molecule has 6 nitrogen and oxygen atoms in total. The summed E-state index contributed by atoms with van der Waals surface area (Å²) in [6.07, 6.45) is 0. The molecule has 0 saturated heterocycles. The molecule has 1 N–H and O–H groups in total. The average molecular weight is 286 g/mol. The summed E-state index contributed by atoms with van der Waals surface area (Å²) in [5.74, 6) is -0.222. The van der Waals surface area contributed by atoms with Gasteiger partial charge in [0.2, 0.25) is 0 Å². The van der Waals surface area contributed by atoms with E-state index in [1.165, 1.54) is 0 Å². The first-order valence-electron chi connectivity index (χ1n) is 5.86. The van der Waals surface area contributed by atoms with Gasteiger partial charge < -0.3 is 5.11 Å². The van der Waals surface area contributed by atoms with E-state index in [9.17, 15) is 4.79 Å². The van der Waals surface area contributed by atoms with Crippen LogP contribution in [0.1, 0.15) is 15.9 Å². The van der Waals surface area contributed by atoms with Crippen LogP contribution in [0, 0.1) is 0 Å². The van der Waals surface area contributed by atoms with Crippen molar-refractivity contribution in [2.75, 3.05) is 0 Å². The number of carbonyl (C=O) groups is 1. The minimum Gasteiger partial charge on any atom is -0.478 e. The Balaban J connectivity index is 1.85. The Labute approximate surface area is 118 Å². The first-order chi connectivity index (χ1) is 9.74. The lowest BCUT2D eigenvalue weighted by Crippen LogP contribution is -2.04. The van der Waals surface area contributed by atoms with E-state index in [1.54, 1.807) is 40.3 Å². The number of nitrogens with zero attached hydrogens (tertiary/aromatic N) is 4. The third-order valence-electron chi connectivity index (χ3n) is 2.81. The van der Waals surface area contributed by atoms with Gasteiger partial charge >= 0.3 is 5.97 Å². The molecule has 20 heavy (non-hydrogen) atoms. The van der Waals surface area contributed by atoms with Crippen LogP contribution in [0.3, 0.4) is 0 Å². The van der Waals surface area contributed by atoms with Crippen molar-refractivity contribution in [3.05, 3.63) is 52.9 Å². The van der Waals surface area contributed by atoms with Crippen LogP contribution in [-0.2, 0) is 6.54 Å². The van der Waals surface area contributed by atoms with Crippen molar-refractivity contribution >= 4 is 17.3 Å². The van der Waals surface area contributed by atoms with Gasteiger partial charge in [-0.2, -0.15) is 0 Å². The Kier molecular flexibility index (Phi) is 3.26. The zero-order valence-electron chi connectivity index (χ0n) is 10.3. The van der Waals surface area contributed by atoms with Crippen LogP contribution in [0.2, 0.25) is 0 Å². The molecule has 7 heteroatoms. The molecule has 0 saturated carbocycles. The highest BCUT2D eigenvalue weighted by Gasteiger charge is 2.10. The van der Waals surface area contributed by atoms with E-state index in [0.717, 1.165) is 10.4 Å². The molecule has 0 fully saturated rings. The van der Waals surface area contributed by atoms with Crippen LogP contribution in [-0.4, -0.2) is 31.3 Å². The van der Waals surface area contributed by atoms with Crippen LogP contribution in [0.4, 0.5) is 0 Å². The summed E-state index contributed by atoms with van der Waals surface area (Å²) in [5, 5.41) is 22.5. The maximum atomic E-state index is 10.8. The fraction of sp³-hybridized carbons (Fsp3) is 0.0769. The molecule has 2 heterocycles. The third kappa shape index (κ3) is 2.43. The van der Waals surface area contributed by atoms with Crippen molar-refractivity contribution in [1.82, 2.24) is 20.2 Å². The number of hydrogen-bond acceptors (Lipinski definition) is 5. The molecule has 0 aliphatic carbocycles. The maximum Gasteiger partial charge on any atom is 0.335 e. The summed E-state index contributed by atoms with van der Waals surface area (Å²) in [5.41, 5.74) is 1.21. The van der Waals surface area contributed by atoms with Crippen LogP contribution < -0.4 is 0 Å². The number of benzene rings is 1. The van der Waals surface area contributed by atoms with Gasteiger partial charge in [-0.25, -0.2) is 9.48 Å². The van der Waals surface area contributed by atoms with Gasteiger partial charge in [0.25, 0.3) is 0 Å². The van der Waals surface area contributed by atoms with Gasteiger partial charge in [-0.1, -0.05) is 18.2 Å². The Morgan fingerprint density at radius 3 is 2.70 bits per heavy atom. The van der Waals surface area contributed by atoms with Gasteiger partial charge in [0.1, 0.15) is 0 Å². The van der Waals surface area contributed by atoms with Crippen molar-refractivity contribution in [2.24, 2.45) is 0 Å². The standard InChI is InChI=1S/C13H10N4O2S/c18-13(19)10-5-3-9(4-6-10)8-17-12(14-15-16-17)11-2-1-7-20-11/h1-7H,8H2,(H,18,19). The van der Waals surface area contributed by atoms with Crippen molar-refractivity contribution < 1.29 is 9.90 Å². The van der Waals surface area contributed by atoms with E-state index < -0.39 is 5.97 Å². The van der Waals surface area contributed by atoms with Crippen LogP contribution in [0.15, 0.2) is 41.8 Å². The van der Waals surface area contributed by atoms with Gasteiger partial charge in [-0.15, -0.1) is 16.4 Å². The predicted molar refractivity (Wildman–Crippen MR) is 73.6 cm³/mol. The Morgan fingerprint density at radius 2 is 2.05 bits per heavy atom. The van der Waals surface area contributed by atoms with Gasteiger partial charge in [0, 0.05) is 0 Å². The lowest BCUT2D eigenvalue weighted by Gasteiger charge is -2.04. The number of thiophene rings is 1. The first kappa shape index (κ1) is 12.5. The van der Waals surface area contributed by atoms with E-state index in [2.05, 4.69) is 15.5 Å². The molecule has 0 unspecified atom stereocenters. The third-order valence-corrected chi connectivity index (χ3v) is 3.67. The lowest BCUT2D eigenvalue weighted by molar-refractivity contribution is 0.0697. The molecule has 1 aromatic carbocycles. The smallest absolute Gasteiger partial charge is 0.335 e. The lowest BCUT2D eigenvalue weighted by atomic mass is 10.1. The SMILES string of the molecule is O=C(O)c1ccc(Cn2nnnc2-c2cccs2)cc1. The van der Waals surface area contributed by atoms with Crippen LogP contribution in [0.25, 0.3) is 10.7 Å². The molecule has 0 bridgehead atoms. The Hall–Kier alpha value is -2.54. The van der Waals surface area contributed by atoms with E-state index in [4.69, 9.17) is 5.11 Å². The average Bonchev–Trinajstić information content (AvgIpc) is 3.09. The summed E-state index contributed by atoms with van der Waals surface area (Å²) in [7, 11) is 0. The number of rotatable bonds is 4. The van der Waals surface area contributed by atoms with Crippen molar-refractivity contribution in [2.45, 2.75) is 6.54 Å². The van der Waals surface area contributed by atoms with Gasteiger partial charge in [-0.05, 0) is 39.6 Å². The summed E-state index contributed by atoms with van der Waals surface area (Å²) in [6.45, 7) is 0.500. The zero-order valence-corrected chi connectivity index (χ0v) is 11.1. The number of hydrogen-bond donors (Lipinski definition) is 1. The molecule has 3 aromatic rings. The molecular weight excluding hydrogens is 276 g/mol. The molecule has 3 rings (SSSR count). The highest BCUT2D eigenvalue weighted by Crippen LogP contribution is 2.22. The summed E-state index contributed by atoms with van der Waals surface area (Å²) >= 11 is 1.57. The van der Waals surface area contributed by atoms with E-state index in [-0.39, 0.29) is 5.56 Å². The maximum absolute atomic E-state index is 10.8. The molecule has 0 aliphatic heterocycles. The Bertz CT molecular complexity index is 719. The molecule has 100 valence electrons. The highest BCUT2D eigenvalue weighted by molar-refractivity contribution is 7.13. The largest absolute Gasteiger partial charge is 0.478 e. The van der Waals surface area contributed by atoms with Crippen molar-refractivity contribution in [3.8, 4) is 10.7 Å². The topological polar surface area (TPSA) is 80.9 Å². The van der Waals surface area contributed by atoms with Crippen molar-refractivity contribution in [1.29, 1.82) is 0 Å². The minimum atomic E-state index is -0.932. The second kappa shape index (κ2) is 5.22. The predicted octanol–water partition coefficient (Wildman–Crippen LogP) is 2.15. The number of carboxylic acids is 1. The number of tetrazole rings is 1. The van der Waals surface area contributed by atoms with E-state index >= 15 is 0 Å². The molecule has 0 aliphatic rings. The van der Waals surface area contributed by atoms with E-state index in [0.29, 0.717) is 12.4 Å². The minimum absolute atomic E-state index is 0.268. The number of aromatic carboxylic acids is 1. The molecule has 0 amide bonds. The van der Waals surface area contributed by atoms with E-state index in [1.807, 2.05) is 17.5 Å². The summed E-state index contributed by atoms with van der Waals surface area (Å²) in [6, 6.07) is 10.6. The highest BCUT2D eigenvalue weighted by atomic mass is 32.1. The van der Waals surface area contributed by atoms with Crippen LogP contribution in [0.5, 0.6) is 0 Å². The monoisotopic (exact) mass is 286 g/mol. The van der Waals surface area contributed by atoms with Gasteiger partial charge in [0.05, 0.1) is 17.0 Å². The summed E-state index contributed by atoms with van der Waals surface area (Å²) in [4.78, 5) is 11.8. The second-order valence-corrected chi connectivity index (χ2v) is 5.09. The molecule has 0 atom stereocenters. The molecule has 2 aromatic heterocycles. The molecule has 0 radical (unpaired) electrons. The fourth-order valence-electron chi connectivity index (χ4n) is 1.82. The fourth-order valence-corrected chi connectivity index (χ4v) is 2.53. The van der Waals surface area contributed by atoms with Gasteiger partial charge in [0.15, 0.2) is 5.82 Å². The summed E-state index contributed by atoms with van der Waals surface area (Å²) < 4.78 is 1.70. The van der Waals surface area contributed by atoms with Crippen LogP contribution >= 0.6 is 11.3 Å². The Morgan fingerprint density at radius 1 is 1.25 bits per heavy atom. The zero-order chi connectivity index (χ0) is 13.9. The second-order valence-electron chi connectivity index (χ2n) is 4.14. The number of carboxylic acid groups (broad SMARTS) is 1. The molecule has 0 spiro atoms. The quantitative estimate of drug-likeness (QED) is 0.794. The van der Waals surface area contributed by atoms with Gasteiger partial charge in [-0.3, -0.25) is 0 Å². The first-order valence-corrected chi connectivity index (χ1v) is 6.74. The molecular formula is C13H10N4O2S. The normalized spacial score (nSPS) is 10.6. The van der Waals surface area contributed by atoms with Crippen molar-refractivity contribution in [3.63, 3.8) is 0 Å².